The van der Waals surface area contributed by atoms with Gasteiger partial charge in [0, 0.05) is 6.08 Å². The fraction of sp³-hybridized carbons (Fsp3) is 0.0667. The van der Waals surface area contributed by atoms with Crippen LogP contribution in [0, 0.1) is 6.92 Å². The number of aromatic carboxylic acids is 1. The Bertz CT molecular complexity index is 656. The Morgan fingerprint density at radius 1 is 1.20 bits per heavy atom. The molecule has 0 spiro atoms. The van der Waals surface area contributed by atoms with E-state index in [1.807, 2.05) is 31.2 Å². The first-order valence-corrected chi connectivity index (χ1v) is 6.81. The van der Waals surface area contributed by atoms with Crippen LogP contribution in [0.1, 0.15) is 21.5 Å². The third-order valence-corrected chi connectivity index (χ3v) is 3.47. The van der Waals surface area contributed by atoms with Gasteiger partial charge in [0.15, 0.2) is 0 Å². The van der Waals surface area contributed by atoms with E-state index in [1.165, 1.54) is 23.5 Å². The van der Waals surface area contributed by atoms with Crippen molar-refractivity contribution in [1.29, 1.82) is 0 Å². The number of anilines is 1. The summed E-state index contributed by atoms with van der Waals surface area (Å²) in [5.41, 5.74) is 2.17. The molecule has 0 radical (unpaired) electrons. The summed E-state index contributed by atoms with van der Waals surface area (Å²) in [6, 6.07) is 9.20. The smallest absolute Gasteiger partial charge is 0.338 e. The van der Waals surface area contributed by atoms with Crippen molar-refractivity contribution in [3.05, 3.63) is 58.5 Å². The molecule has 0 atom stereocenters. The SMILES string of the molecule is Cc1ccc(/C=C/C(=O)Nc2sccc2C(=O)O)cc1. The minimum atomic E-state index is -1.05. The van der Waals surface area contributed by atoms with E-state index in [0.717, 1.165) is 11.1 Å². The van der Waals surface area contributed by atoms with Gasteiger partial charge in [0.05, 0.1) is 5.56 Å². The number of carbonyl (C=O) groups excluding carboxylic acids is 1. The van der Waals surface area contributed by atoms with Crippen LogP contribution < -0.4 is 5.32 Å². The molecule has 1 heterocycles. The molecule has 102 valence electrons. The number of carbonyl (C=O) groups is 2. The molecule has 0 fully saturated rings. The Kier molecular flexibility index (Phi) is 4.32. The van der Waals surface area contributed by atoms with Gasteiger partial charge in [-0.2, -0.15) is 0 Å². The number of hydrogen-bond acceptors (Lipinski definition) is 3. The largest absolute Gasteiger partial charge is 0.478 e. The molecule has 1 amide bonds. The lowest BCUT2D eigenvalue weighted by molar-refractivity contribution is -0.111. The van der Waals surface area contributed by atoms with Crippen LogP contribution in [0.15, 0.2) is 41.8 Å². The van der Waals surface area contributed by atoms with E-state index < -0.39 is 5.97 Å². The van der Waals surface area contributed by atoms with Gasteiger partial charge in [0.2, 0.25) is 5.91 Å². The predicted octanol–water partition coefficient (Wildman–Crippen LogP) is 3.41. The lowest BCUT2D eigenvalue weighted by atomic mass is 10.1. The van der Waals surface area contributed by atoms with Crippen molar-refractivity contribution in [1.82, 2.24) is 0 Å². The molecule has 0 aliphatic heterocycles. The summed E-state index contributed by atoms with van der Waals surface area (Å²) in [6.45, 7) is 1.99. The Morgan fingerprint density at radius 3 is 2.55 bits per heavy atom. The van der Waals surface area contributed by atoms with Crippen molar-refractivity contribution in [2.24, 2.45) is 0 Å². The maximum absolute atomic E-state index is 11.7. The van der Waals surface area contributed by atoms with Crippen LogP contribution in [0.3, 0.4) is 0 Å². The van der Waals surface area contributed by atoms with Gasteiger partial charge in [-0.15, -0.1) is 11.3 Å². The summed E-state index contributed by atoms with van der Waals surface area (Å²) in [4.78, 5) is 22.7. The number of nitrogens with one attached hydrogen (secondary N) is 1. The Balaban J connectivity index is 2.03. The minimum absolute atomic E-state index is 0.104. The van der Waals surface area contributed by atoms with Crippen molar-refractivity contribution in [2.75, 3.05) is 5.32 Å². The second kappa shape index (κ2) is 6.16. The second-order valence-corrected chi connectivity index (χ2v) is 5.12. The van der Waals surface area contributed by atoms with Crippen molar-refractivity contribution in [2.45, 2.75) is 6.92 Å². The molecule has 1 aromatic carbocycles. The Labute approximate surface area is 120 Å². The van der Waals surface area contributed by atoms with E-state index in [9.17, 15) is 9.59 Å². The fourth-order valence-corrected chi connectivity index (χ4v) is 2.36. The first-order chi connectivity index (χ1) is 9.56. The molecule has 0 aliphatic carbocycles. The number of benzene rings is 1. The first-order valence-electron chi connectivity index (χ1n) is 5.93. The number of hydrogen-bond donors (Lipinski definition) is 2. The molecule has 0 bridgehead atoms. The van der Waals surface area contributed by atoms with Crippen LogP contribution in [-0.2, 0) is 4.79 Å². The summed E-state index contributed by atoms with van der Waals surface area (Å²) in [5.74, 6) is -1.40. The van der Waals surface area contributed by atoms with E-state index in [0.29, 0.717) is 5.00 Å². The monoisotopic (exact) mass is 287 g/mol. The zero-order valence-corrected chi connectivity index (χ0v) is 11.6. The number of rotatable bonds is 4. The summed E-state index contributed by atoms with van der Waals surface area (Å²) in [7, 11) is 0. The summed E-state index contributed by atoms with van der Waals surface area (Å²) in [6.07, 6.45) is 3.07. The summed E-state index contributed by atoms with van der Waals surface area (Å²) < 4.78 is 0. The first kappa shape index (κ1) is 14.0. The number of thiophene rings is 1. The fourth-order valence-electron chi connectivity index (χ4n) is 1.58. The standard InChI is InChI=1S/C15H13NO3S/c1-10-2-4-11(5-3-10)6-7-13(17)16-14-12(15(18)19)8-9-20-14/h2-9H,1H3,(H,16,17)(H,18,19)/b7-6+. The second-order valence-electron chi connectivity index (χ2n) is 4.20. The maximum Gasteiger partial charge on any atom is 0.338 e. The van der Waals surface area contributed by atoms with Crippen molar-refractivity contribution >= 4 is 34.3 Å². The lowest BCUT2D eigenvalue weighted by Crippen LogP contribution is -2.09. The van der Waals surface area contributed by atoms with E-state index >= 15 is 0 Å². The number of carboxylic acids is 1. The van der Waals surface area contributed by atoms with E-state index in [2.05, 4.69) is 5.32 Å². The average Bonchev–Trinajstić information content (AvgIpc) is 2.86. The molecular formula is C15H13NO3S. The molecule has 5 heteroatoms. The molecule has 0 saturated heterocycles. The van der Waals surface area contributed by atoms with E-state index in [1.54, 1.807) is 11.5 Å². The normalized spacial score (nSPS) is 10.7. The Morgan fingerprint density at radius 2 is 1.90 bits per heavy atom. The van der Waals surface area contributed by atoms with E-state index in [-0.39, 0.29) is 11.5 Å². The minimum Gasteiger partial charge on any atom is -0.478 e. The van der Waals surface area contributed by atoms with Gasteiger partial charge >= 0.3 is 5.97 Å². The molecular weight excluding hydrogens is 274 g/mol. The van der Waals surface area contributed by atoms with Crippen LogP contribution in [0.5, 0.6) is 0 Å². The highest BCUT2D eigenvalue weighted by Crippen LogP contribution is 2.23. The van der Waals surface area contributed by atoms with Crippen LogP contribution >= 0.6 is 11.3 Å². The summed E-state index contributed by atoms with van der Waals surface area (Å²) >= 11 is 1.18. The van der Waals surface area contributed by atoms with Gasteiger partial charge in [-0.3, -0.25) is 4.79 Å². The van der Waals surface area contributed by atoms with E-state index in [4.69, 9.17) is 5.11 Å². The maximum atomic E-state index is 11.7. The number of amides is 1. The molecule has 1 aromatic heterocycles. The zero-order valence-electron chi connectivity index (χ0n) is 10.8. The molecule has 20 heavy (non-hydrogen) atoms. The average molecular weight is 287 g/mol. The van der Waals surface area contributed by atoms with Crippen molar-refractivity contribution in [3.63, 3.8) is 0 Å². The van der Waals surface area contributed by atoms with Crippen molar-refractivity contribution < 1.29 is 14.7 Å². The topological polar surface area (TPSA) is 66.4 Å². The molecule has 2 aromatic rings. The molecule has 2 N–H and O–H groups in total. The molecule has 0 unspecified atom stereocenters. The third kappa shape index (κ3) is 3.55. The molecule has 0 aliphatic rings. The van der Waals surface area contributed by atoms with Crippen LogP contribution in [0.2, 0.25) is 0 Å². The van der Waals surface area contributed by atoms with Crippen LogP contribution in [0.25, 0.3) is 6.08 Å². The zero-order chi connectivity index (χ0) is 14.5. The van der Waals surface area contributed by atoms with Gasteiger partial charge in [-0.25, -0.2) is 4.79 Å². The predicted molar refractivity (Wildman–Crippen MR) is 80.1 cm³/mol. The third-order valence-electron chi connectivity index (χ3n) is 2.64. The van der Waals surface area contributed by atoms with Gasteiger partial charge < -0.3 is 10.4 Å². The highest BCUT2D eigenvalue weighted by Gasteiger charge is 2.12. The molecule has 4 nitrogen and oxygen atoms in total. The molecule has 0 saturated carbocycles. The quantitative estimate of drug-likeness (QED) is 0.847. The van der Waals surface area contributed by atoms with Gasteiger partial charge in [0.25, 0.3) is 0 Å². The lowest BCUT2D eigenvalue weighted by Gasteiger charge is -2.00. The summed E-state index contributed by atoms with van der Waals surface area (Å²) in [5, 5.41) is 13.5. The van der Waals surface area contributed by atoms with Crippen LogP contribution in [-0.4, -0.2) is 17.0 Å². The molecule has 2 rings (SSSR count). The van der Waals surface area contributed by atoms with Gasteiger partial charge in [-0.1, -0.05) is 29.8 Å². The highest BCUT2D eigenvalue weighted by molar-refractivity contribution is 7.14. The number of aryl methyl sites for hydroxylation is 1. The van der Waals surface area contributed by atoms with Gasteiger partial charge in [-0.05, 0) is 30.0 Å². The van der Waals surface area contributed by atoms with Crippen LogP contribution in [0.4, 0.5) is 5.00 Å². The Hall–Kier alpha value is -2.40. The van der Waals surface area contributed by atoms with Gasteiger partial charge in [0.1, 0.15) is 5.00 Å². The van der Waals surface area contributed by atoms with Crippen molar-refractivity contribution in [3.8, 4) is 0 Å². The highest BCUT2D eigenvalue weighted by atomic mass is 32.1. The number of carboxylic acid groups (broad SMARTS) is 1.